The fourth-order valence-electron chi connectivity index (χ4n) is 2.28. The van der Waals surface area contributed by atoms with E-state index in [1.54, 1.807) is 13.8 Å². The first-order valence-corrected chi connectivity index (χ1v) is 6.67. The number of aryl methyl sites for hydroxylation is 1. The molecule has 2 heterocycles. The SMILES string of the molecule is CCN(C(=O)NCc1noc(C)n1)C1COCC1C(=O)O. The number of hydrogen-bond acceptors (Lipinski definition) is 6. The van der Waals surface area contributed by atoms with Crippen LogP contribution in [-0.2, 0) is 16.1 Å². The van der Waals surface area contributed by atoms with Crippen molar-refractivity contribution in [3.63, 3.8) is 0 Å². The Hall–Kier alpha value is -2.16. The molecule has 1 fully saturated rings. The lowest BCUT2D eigenvalue weighted by Gasteiger charge is -2.29. The summed E-state index contributed by atoms with van der Waals surface area (Å²) < 4.78 is 10.00. The van der Waals surface area contributed by atoms with Gasteiger partial charge in [-0.3, -0.25) is 4.79 Å². The van der Waals surface area contributed by atoms with Crippen LogP contribution < -0.4 is 5.32 Å². The van der Waals surface area contributed by atoms with Crippen LogP contribution in [0.1, 0.15) is 18.6 Å². The van der Waals surface area contributed by atoms with Gasteiger partial charge in [-0.05, 0) is 6.92 Å². The highest BCUT2D eigenvalue weighted by molar-refractivity contribution is 5.77. The molecular weight excluding hydrogens is 280 g/mol. The van der Waals surface area contributed by atoms with Crippen LogP contribution in [0.25, 0.3) is 0 Å². The number of aliphatic carboxylic acids is 1. The summed E-state index contributed by atoms with van der Waals surface area (Å²) in [7, 11) is 0. The van der Waals surface area contributed by atoms with Gasteiger partial charge in [-0.15, -0.1) is 0 Å². The monoisotopic (exact) mass is 298 g/mol. The summed E-state index contributed by atoms with van der Waals surface area (Å²) in [6.45, 7) is 4.29. The third-order valence-electron chi connectivity index (χ3n) is 3.34. The zero-order valence-electron chi connectivity index (χ0n) is 11.9. The van der Waals surface area contributed by atoms with Crippen molar-refractivity contribution in [1.82, 2.24) is 20.4 Å². The number of carbonyl (C=O) groups excluding carboxylic acids is 1. The molecule has 2 amide bonds. The predicted octanol–water partition coefficient (Wildman–Crippen LogP) is 0.00912. The Morgan fingerprint density at radius 2 is 2.24 bits per heavy atom. The number of carboxylic acids is 1. The Labute approximate surface area is 121 Å². The first-order chi connectivity index (χ1) is 10.0. The maximum Gasteiger partial charge on any atom is 0.318 e. The molecule has 1 aromatic heterocycles. The van der Waals surface area contributed by atoms with Crippen molar-refractivity contribution in [1.29, 1.82) is 0 Å². The molecule has 9 heteroatoms. The molecule has 1 saturated heterocycles. The molecule has 9 nitrogen and oxygen atoms in total. The minimum Gasteiger partial charge on any atom is -0.481 e. The van der Waals surface area contributed by atoms with Crippen LogP contribution in [0.4, 0.5) is 4.79 Å². The van der Waals surface area contributed by atoms with Crippen LogP contribution in [0.2, 0.25) is 0 Å². The van der Waals surface area contributed by atoms with Gasteiger partial charge in [-0.1, -0.05) is 5.16 Å². The van der Waals surface area contributed by atoms with Crippen molar-refractivity contribution in [2.75, 3.05) is 19.8 Å². The summed E-state index contributed by atoms with van der Waals surface area (Å²) in [5, 5.41) is 15.5. The summed E-state index contributed by atoms with van der Waals surface area (Å²) in [6.07, 6.45) is 0. The summed E-state index contributed by atoms with van der Waals surface area (Å²) >= 11 is 0. The second kappa shape index (κ2) is 6.53. The lowest BCUT2D eigenvalue weighted by atomic mass is 10.0. The van der Waals surface area contributed by atoms with E-state index < -0.39 is 17.9 Å². The highest BCUT2D eigenvalue weighted by Crippen LogP contribution is 2.20. The van der Waals surface area contributed by atoms with E-state index in [9.17, 15) is 9.59 Å². The molecule has 0 bridgehead atoms. The summed E-state index contributed by atoms with van der Waals surface area (Å²) in [4.78, 5) is 28.8. The van der Waals surface area contributed by atoms with E-state index in [-0.39, 0.29) is 25.8 Å². The molecule has 2 N–H and O–H groups in total. The van der Waals surface area contributed by atoms with Crippen molar-refractivity contribution >= 4 is 12.0 Å². The molecule has 1 aliphatic rings. The quantitative estimate of drug-likeness (QED) is 0.786. The number of carboxylic acid groups (broad SMARTS) is 1. The number of amides is 2. The molecule has 2 atom stereocenters. The van der Waals surface area contributed by atoms with E-state index in [1.165, 1.54) is 4.90 Å². The largest absolute Gasteiger partial charge is 0.481 e. The number of aromatic nitrogens is 2. The number of carbonyl (C=O) groups is 2. The van der Waals surface area contributed by atoms with Crippen LogP contribution >= 0.6 is 0 Å². The van der Waals surface area contributed by atoms with Gasteiger partial charge >= 0.3 is 12.0 Å². The van der Waals surface area contributed by atoms with Crippen molar-refractivity contribution in [3.05, 3.63) is 11.7 Å². The second-order valence-corrected chi connectivity index (χ2v) is 4.72. The van der Waals surface area contributed by atoms with Crippen LogP contribution in [0.5, 0.6) is 0 Å². The zero-order chi connectivity index (χ0) is 15.4. The van der Waals surface area contributed by atoms with Gasteiger partial charge in [0, 0.05) is 13.5 Å². The second-order valence-electron chi connectivity index (χ2n) is 4.72. The number of urea groups is 1. The summed E-state index contributed by atoms with van der Waals surface area (Å²) in [5.74, 6) is -0.878. The van der Waals surface area contributed by atoms with Gasteiger partial charge < -0.3 is 24.6 Å². The summed E-state index contributed by atoms with van der Waals surface area (Å²) in [6, 6.07) is -0.846. The van der Waals surface area contributed by atoms with Gasteiger partial charge in [0.05, 0.1) is 25.8 Å². The fourth-order valence-corrected chi connectivity index (χ4v) is 2.28. The van der Waals surface area contributed by atoms with E-state index >= 15 is 0 Å². The molecule has 2 unspecified atom stereocenters. The first kappa shape index (κ1) is 15.2. The molecule has 2 rings (SSSR count). The third kappa shape index (κ3) is 3.48. The fraction of sp³-hybridized carbons (Fsp3) is 0.667. The van der Waals surface area contributed by atoms with Crippen LogP contribution in [0.3, 0.4) is 0 Å². The maximum absolute atomic E-state index is 12.2. The highest BCUT2D eigenvalue weighted by atomic mass is 16.5. The lowest BCUT2D eigenvalue weighted by Crippen LogP contribution is -2.50. The number of nitrogens with zero attached hydrogens (tertiary/aromatic N) is 3. The molecule has 0 spiro atoms. The van der Waals surface area contributed by atoms with Gasteiger partial charge in [-0.25, -0.2) is 4.79 Å². The minimum atomic E-state index is -0.961. The van der Waals surface area contributed by atoms with E-state index in [2.05, 4.69) is 15.5 Å². The van der Waals surface area contributed by atoms with Crippen LogP contribution in [0.15, 0.2) is 4.52 Å². The maximum atomic E-state index is 12.2. The molecule has 0 saturated carbocycles. The van der Waals surface area contributed by atoms with Gasteiger partial charge in [0.25, 0.3) is 0 Å². The minimum absolute atomic E-state index is 0.119. The first-order valence-electron chi connectivity index (χ1n) is 6.67. The van der Waals surface area contributed by atoms with Gasteiger partial charge in [0.1, 0.15) is 5.92 Å². The van der Waals surface area contributed by atoms with Gasteiger partial charge in [0.15, 0.2) is 5.82 Å². The van der Waals surface area contributed by atoms with E-state index in [1.807, 2.05) is 0 Å². The molecule has 21 heavy (non-hydrogen) atoms. The Morgan fingerprint density at radius 3 is 2.81 bits per heavy atom. The molecule has 0 aromatic carbocycles. The van der Waals surface area contributed by atoms with Crippen molar-refractivity contribution in [2.24, 2.45) is 5.92 Å². The van der Waals surface area contributed by atoms with Crippen LogP contribution in [-0.4, -0.2) is 57.9 Å². The summed E-state index contributed by atoms with van der Waals surface area (Å²) in [5.41, 5.74) is 0. The zero-order valence-corrected chi connectivity index (χ0v) is 11.9. The number of likely N-dealkylation sites (N-methyl/N-ethyl adjacent to an activating group) is 1. The third-order valence-corrected chi connectivity index (χ3v) is 3.34. The van der Waals surface area contributed by atoms with Crippen LogP contribution in [0, 0.1) is 12.8 Å². The van der Waals surface area contributed by atoms with E-state index in [0.29, 0.717) is 18.3 Å². The Balaban J connectivity index is 1.96. The van der Waals surface area contributed by atoms with Crippen molar-refractivity contribution < 1.29 is 24.0 Å². The predicted molar refractivity (Wildman–Crippen MR) is 69.4 cm³/mol. The molecule has 1 aliphatic heterocycles. The average molecular weight is 298 g/mol. The topological polar surface area (TPSA) is 118 Å². The van der Waals surface area contributed by atoms with Crippen molar-refractivity contribution in [3.8, 4) is 0 Å². The van der Waals surface area contributed by atoms with E-state index in [0.717, 1.165) is 0 Å². The number of hydrogen-bond donors (Lipinski definition) is 2. The molecule has 116 valence electrons. The number of ether oxygens (including phenoxy) is 1. The lowest BCUT2D eigenvalue weighted by molar-refractivity contribution is -0.142. The van der Waals surface area contributed by atoms with Gasteiger partial charge in [-0.2, -0.15) is 4.98 Å². The highest BCUT2D eigenvalue weighted by Gasteiger charge is 2.39. The number of nitrogens with one attached hydrogen (secondary N) is 1. The normalized spacial score (nSPS) is 21.2. The Bertz CT molecular complexity index is 518. The Morgan fingerprint density at radius 1 is 1.48 bits per heavy atom. The van der Waals surface area contributed by atoms with E-state index in [4.69, 9.17) is 14.4 Å². The smallest absolute Gasteiger partial charge is 0.318 e. The standard InChI is InChI=1S/C12H18N4O5/c1-3-16(9-6-20-5-8(9)11(17)18)12(19)13-4-10-14-7(2)21-15-10/h8-9H,3-6H2,1-2H3,(H,13,19)(H,17,18). The Kier molecular flexibility index (Phi) is 4.73. The van der Waals surface area contributed by atoms with Gasteiger partial charge in [0.2, 0.25) is 5.89 Å². The van der Waals surface area contributed by atoms with Crippen molar-refractivity contribution in [2.45, 2.75) is 26.4 Å². The average Bonchev–Trinajstić information content (AvgIpc) is 3.06. The molecule has 1 aromatic rings. The molecular formula is C12H18N4O5. The molecule has 0 radical (unpaired) electrons. The molecule has 0 aliphatic carbocycles. The number of rotatable bonds is 5.